The summed E-state index contributed by atoms with van der Waals surface area (Å²) in [6.07, 6.45) is 5.45. The first-order valence-corrected chi connectivity index (χ1v) is 7.06. The summed E-state index contributed by atoms with van der Waals surface area (Å²) in [6.45, 7) is 2.07. The molecule has 0 aliphatic carbocycles. The lowest BCUT2D eigenvalue weighted by Crippen LogP contribution is -2.00. The first-order valence-electron chi connectivity index (χ1n) is 6.08. The minimum absolute atomic E-state index is 0.278. The Hall–Kier alpha value is -2.28. The van der Waals surface area contributed by atoms with Crippen LogP contribution < -0.4 is 5.69 Å². The highest BCUT2D eigenvalue weighted by atomic mass is 32.2. The Morgan fingerprint density at radius 1 is 1.40 bits per heavy atom. The predicted molar refractivity (Wildman–Crippen MR) is 77.1 cm³/mol. The maximum atomic E-state index is 10.9. The number of aromatic nitrogens is 5. The zero-order valence-corrected chi connectivity index (χ0v) is 11.6. The fourth-order valence-electron chi connectivity index (χ4n) is 1.88. The van der Waals surface area contributed by atoms with Gasteiger partial charge in [-0.1, -0.05) is 17.8 Å². The summed E-state index contributed by atoms with van der Waals surface area (Å²) in [4.78, 5) is 17.6. The van der Waals surface area contributed by atoms with Crippen LogP contribution in [-0.4, -0.2) is 24.7 Å². The van der Waals surface area contributed by atoms with Crippen molar-refractivity contribution in [2.75, 3.05) is 0 Å². The van der Waals surface area contributed by atoms with E-state index in [1.54, 1.807) is 12.5 Å². The van der Waals surface area contributed by atoms with Crippen LogP contribution in [0.4, 0.5) is 0 Å². The van der Waals surface area contributed by atoms with E-state index in [1.807, 2.05) is 10.8 Å². The van der Waals surface area contributed by atoms with E-state index in [-0.39, 0.29) is 5.69 Å². The molecular formula is C13H13N5OS. The average Bonchev–Trinajstić information content (AvgIpc) is 3.08. The third-order valence-electron chi connectivity index (χ3n) is 2.97. The fraction of sp³-hybridized carbons (Fsp3) is 0.154. The van der Waals surface area contributed by atoms with Crippen LogP contribution in [0.3, 0.4) is 0 Å². The molecule has 7 heteroatoms. The molecular weight excluding hydrogens is 274 g/mol. The summed E-state index contributed by atoms with van der Waals surface area (Å²) in [5.74, 6) is 0.761. The number of nitrogens with zero attached hydrogens (tertiary/aromatic N) is 3. The van der Waals surface area contributed by atoms with Crippen molar-refractivity contribution in [3.63, 3.8) is 0 Å². The van der Waals surface area contributed by atoms with Crippen molar-refractivity contribution >= 4 is 11.8 Å². The lowest BCUT2D eigenvalue weighted by Gasteiger charge is -2.08. The number of hydrogen-bond acceptors (Lipinski definition) is 4. The molecule has 3 aromatic rings. The number of aryl methyl sites for hydroxylation is 1. The van der Waals surface area contributed by atoms with Crippen LogP contribution in [0.1, 0.15) is 11.1 Å². The monoisotopic (exact) mass is 287 g/mol. The number of imidazole rings is 1. The summed E-state index contributed by atoms with van der Waals surface area (Å²) in [6, 6.07) is 6.26. The van der Waals surface area contributed by atoms with Gasteiger partial charge in [-0.2, -0.15) is 0 Å². The smallest absolute Gasteiger partial charge is 0.306 e. The maximum absolute atomic E-state index is 10.9. The number of hydrogen-bond donors (Lipinski definition) is 2. The van der Waals surface area contributed by atoms with Gasteiger partial charge in [0.1, 0.15) is 0 Å². The predicted octanol–water partition coefficient (Wildman–Crippen LogP) is 1.88. The minimum atomic E-state index is -0.278. The van der Waals surface area contributed by atoms with Crippen LogP contribution in [0.2, 0.25) is 0 Å². The molecule has 3 rings (SSSR count). The molecule has 2 heterocycles. The lowest BCUT2D eigenvalue weighted by molar-refractivity contribution is 0.969. The van der Waals surface area contributed by atoms with Crippen LogP contribution in [0.25, 0.3) is 5.69 Å². The molecule has 0 saturated carbocycles. The van der Waals surface area contributed by atoms with Crippen molar-refractivity contribution in [3.8, 4) is 5.69 Å². The van der Waals surface area contributed by atoms with E-state index in [4.69, 9.17) is 0 Å². The molecule has 0 amide bonds. The van der Waals surface area contributed by atoms with Crippen molar-refractivity contribution in [2.24, 2.45) is 0 Å². The van der Waals surface area contributed by atoms with Crippen LogP contribution in [0.15, 0.2) is 46.9 Å². The first kappa shape index (κ1) is 12.7. The highest BCUT2D eigenvalue weighted by Gasteiger charge is 2.04. The van der Waals surface area contributed by atoms with Gasteiger partial charge in [-0.3, -0.25) is 4.98 Å². The summed E-state index contributed by atoms with van der Waals surface area (Å²) in [5.41, 5.74) is 3.21. The molecule has 20 heavy (non-hydrogen) atoms. The third kappa shape index (κ3) is 2.67. The Morgan fingerprint density at radius 2 is 2.30 bits per heavy atom. The normalized spacial score (nSPS) is 10.8. The van der Waals surface area contributed by atoms with Crippen LogP contribution >= 0.6 is 11.8 Å². The second-order valence-corrected chi connectivity index (χ2v) is 5.32. The van der Waals surface area contributed by atoms with Gasteiger partial charge in [0.15, 0.2) is 5.16 Å². The van der Waals surface area contributed by atoms with E-state index >= 15 is 0 Å². The molecule has 0 aliphatic heterocycles. The van der Waals surface area contributed by atoms with E-state index in [0.29, 0.717) is 5.16 Å². The molecule has 2 aromatic heterocycles. The van der Waals surface area contributed by atoms with Gasteiger partial charge in [0.2, 0.25) is 0 Å². The van der Waals surface area contributed by atoms with Gasteiger partial charge in [-0.05, 0) is 30.2 Å². The molecule has 1 aromatic carbocycles. The van der Waals surface area contributed by atoms with Crippen LogP contribution in [-0.2, 0) is 5.75 Å². The van der Waals surface area contributed by atoms with Gasteiger partial charge in [-0.15, -0.1) is 5.10 Å². The van der Waals surface area contributed by atoms with E-state index < -0.39 is 0 Å². The molecule has 0 atom stereocenters. The number of aromatic amines is 2. The first-order chi connectivity index (χ1) is 9.72. The molecule has 0 fully saturated rings. The van der Waals surface area contributed by atoms with E-state index in [0.717, 1.165) is 11.4 Å². The van der Waals surface area contributed by atoms with Gasteiger partial charge in [-0.25, -0.2) is 14.9 Å². The van der Waals surface area contributed by atoms with Crippen molar-refractivity contribution in [2.45, 2.75) is 17.8 Å². The van der Waals surface area contributed by atoms with E-state index in [9.17, 15) is 4.79 Å². The standard InChI is InChI=1S/C13H13N5OS/c1-9-6-11(18-5-4-14-8-18)3-2-10(9)7-20-13-15-12(19)16-17-13/h2-6,8H,7H2,1H3,(H2,15,16,17,19). The fourth-order valence-corrected chi connectivity index (χ4v) is 2.77. The zero-order valence-electron chi connectivity index (χ0n) is 10.8. The molecule has 0 unspecified atom stereocenters. The highest BCUT2D eigenvalue weighted by Crippen LogP contribution is 2.22. The van der Waals surface area contributed by atoms with Gasteiger partial charge < -0.3 is 4.57 Å². The third-order valence-corrected chi connectivity index (χ3v) is 3.89. The summed E-state index contributed by atoms with van der Waals surface area (Å²) < 4.78 is 1.97. The maximum Gasteiger partial charge on any atom is 0.341 e. The van der Waals surface area contributed by atoms with Gasteiger partial charge in [0.05, 0.1) is 6.33 Å². The largest absolute Gasteiger partial charge is 0.341 e. The van der Waals surface area contributed by atoms with Gasteiger partial charge in [0, 0.05) is 23.8 Å². The van der Waals surface area contributed by atoms with E-state index in [1.165, 1.54) is 22.9 Å². The van der Waals surface area contributed by atoms with Gasteiger partial charge >= 0.3 is 5.69 Å². The second kappa shape index (κ2) is 5.38. The van der Waals surface area contributed by atoms with Crippen molar-refractivity contribution < 1.29 is 0 Å². The van der Waals surface area contributed by atoms with Crippen molar-refractivity contribution in [1.29, 1.82) is 0 Å². The minimum Gasteiger partial charge on any atom is -0.306 e. The molecule has 0 aliphatic rings. The van der Waals surface area contributed by atoms with Gasteiger partial charge in [0.25, 0.3) is 0 Å². The average molecular weight is 287 g/mol. The molecule has 6 nitrogen and oxygen atoms in total. The second-order valence-electron chi connectivity index (χ2n) is 4.35. The Bertz CT molecular complexity index is 759. The van der Waals surface area contributed by atoms with Crippen molar-refractivity contribution in [1.82, 2.24) is 24.7 Å². The Morgan fingerprint density at radius 3 is 2.95 bits per heavy atom. The molecule has 2 N–H and O–H groups in total. The summed E-state index contributed by atoms with van der Waals surface area (Å²) >= 11 is 1.49. The molecule has 0 saturated heterocycles. The Labute approximate surface area is 119 Å². The quantitative estimate of drug-likeness (QED) is 0.718. The molecule has 0 bridgehead atoms. The number of rotatable bonds is 4. The number of H-pyrrole nitrogens is 2. The lowest BCUT2D eigenvalue weighted by atomic mass is 10.1. The summed E-state index contributed by atoms with van der Waals surface area (Å²) in [5, 5.41) is 6.84. The molecule has 0 spiro atoms. The van der Waals surface area contributed by atoms with Crippen LogP contribution in [0, 0.1) is 6.92 Å². The Kier molecular flexibility index (Phi) is 3.42. The number of nitrogens with one attached hydrogen (secondary N) is 2. The topological polar surface area (TPSA) is 79.4 Å². The zero-order chi connectivity index (χ0) is 13.9. The highest BCUT2D eigenvalue weighted by molar-refractivity contribution is 7.98. The molecule has 102 valence electrons. The summed E-state index contributed by atoms with van der Waals surface area (Å²) in [7, 11) is 0. The number of thioether (sulfide) groups is 1. The van der Waals surface area contributed by atoms with Crippen LogP contribution in [0.5, 0.6) is 0 Å². The van der Waals surface area contributed by atoms with Crippen molar-refractivity contribution in [3.05, 3.63) is 58.5 Å². The Balaban J connectivity index is 1.76. The molecule has 0 radical (unpaired) electrons. The SMILES string of the molecule is Cc1cc(-n2ccnc2)ccc1CSc1n[nH]c(=O)[nH]1. The van der Waals surface area contributed by atoms with E-state index in [2.05, 4.69) is 45.3 Å². The number of benzene rings is 1.